The van der Waals surface area contributed by atoms with E-state index in [1.807, 2.05) is 26.0 Å². The molecule has 0 aromatic heterocycles. The zero-order valence-electron chi connectivity index (χ0n) is 10.8. The summed E-state index contributed by atoms with van der Waals surface area (Å²) in [5, 5.41) is 0. The lowest BCUT2D eigenvalue weighted by molar-refractivity contribution is -0.116. The van der Waals surface area contributed by atoms with Gasteiger partial charge in [0.15, 0.2) is 5.78 Å². The Balaban J connectivity index is 2.92. The highest BCUT2D eigenvalue weighted by Gasteiger charge is 2.11. The van der Waals surface area contributed by atoms with Crippen LogP contribution in [0.3, 0.4) is 0 Å². The minimum atomic E-state index is 0.00838. The van der Waals surface area contributed by atoms with Gasteiger partial charge in [-0.3, -0.25) is 4.79 Å². The van der Waals surface area contributed by atoms with Gasteiger partial charge in [0, 0.05) is 18.4 Å². The van der Waals surface area contributed by atoms with Crippen molar-refractivity contribution in [1.82, 2.24) is 0 Å². The molecule has 17 heavy (non-hydrogen) atoms. The van der Waals surface area contributed by atoms with Crippen LogP contribution in [-0.2, 0) is 4.79 Å². The van der Waals surface area contributed by atoms with Gasteiger partial charge in [-0.1, -0.05) is 0 Å². The van der Waals surface area contributed by atoms with Gasteiger partial charge in [0.2, 0.25) is 0 Å². The second kappa shape index (κ2) is 5.62. The molecule has 0 N–H and O–H groups in total. The standard InChI is InChI=1S/C14H18O3/c1-9-7-12(8-10(2)14(9)17-4)13(16)6-5-11(3)15/h7-8H,5-6H2,1-4H3. The number of rotatable bonds is 5. The van der Waals surface area contributed by atoms with Crippen LogP contribution in [0.25, 0.3) is 0 Å². The van der Waals surface area contributed by atoms with Gasteiger partial charge in [0.25, 0.3) is 0 Å². The highest BCUT2D eigenvalue weighted by Crippen LogP contribution is 2.25. The van der Waals surface area contributed by atoms with E-state index in [1.54, 1.807) is 7.11 Å². The molecule has 0 aliphatic rings. The molecule has 0 saturated carbocycles. The zero-order valence-corrected chi connectivity index (χ0v) is 10.8. The van der Waals surface area contributed by atoms with Gasteiger partial charge in [-0.15, -0.1) is 0 Å². The number of ether oxygens (including phenoxy) is 1. The molecule has 0 bridgehead atoms. The Morgan fingerprint density at radius 1 is 1.12 bits per heavy atom. The van der Waals surface area contributed by atoms with Crippen LogP contribution < -0.4 is 4.74 Å². The molecule has 92 valence electrons. The van der Waals surface area contributed by atoms with Crippen molar-refractivity contribution in [3.05, 3.63) is 28.8 Å². The van der Waals surface area contributed by atoms with Gasteiger partial charge >= 0.3 is 0 Å². The fraction of sp³-hybridized carbons (Fsp3) is 0.429. The summed E-state index contributed by atoms with van der Waals surface area (Å²) in [7, 11) is 1.62. The lowest BCUT2D eigenvalue weighted by atomic mass is 10.00. The predicted octanol–water partition coefficient (Wildman–Crippen LogP) is 2.86. The van der Waals surface area contributed by atoms with Crippen LogP contribution >= 0.6 is 0 Å². The van der Waals surface area contributed by atoms with Crippen molar-refractivity contribution in [2.24, 2.45) is 0 Å². The molecule has 0 heterocycles. The fourth-order valence-electron chi connectivity index (χ4n) is 1.87. The molecule has 0 aliphatic carbocycles. The molecule has 0 atom stereocenters. The van der Waals surface area contributed by atoms with Crippen molar-refractivity contribution >= 4 is 11.6 Å². The van der Waals surface area contributed by atoms with E-state index < -0.39 is 0 Å². The number of carbonyl (C=O) groups is 2. The average Bonchev–Trinajstić information content (AvgIpc) is 2.25. The Labute approximate surface area is 102 Å². The van der Waals surface area contributed by atoms with Gasteiger partial charge in [-0.2, -0.15) is 0 Å². The third kappa shape index (κ3) is 3.41. The van der Waals surface area contributed by atoms with E-state index >= 15 is 0 Å². The molecule has 0 unspecified atom stereocenters. The molecule has 0 fully saturated rings. The first-order valence-electron chi connectivity index (χ1n) is 5.63. The molecule has 0 amide bonds. The maximum absolute atomic E-state index is 11.9. The summed E-state index contributed by atoms with van der Waals surface area (Å²) in [5.74, 6) is 0.863. The minimum Gasteiger partial charge on any atom is -0.496 e. The van der Waals surface area contributed by atoms with E-state index in [-0.39, 0.29) is 18.0 Å². The van der Waals surface area contributed by atoms with Crippen LogP contribution in [0.15, 0.2) is 12.1 Å². The van der Waals surface area contributed by atoms with E-state index in [2.05, 4.69) is 0 Å². The van der Waals surface area contributed by atoms with E-state index in [0.29, 0.717) is 12.0 Å². The van der Waals surface area contributed by atoms with Crippen molar-refractivity contribution in [3.8, 4) is 5.75 Å². The summed E-state index contributed by atoms with van der Waals surface area (Å²) < 4.78 is 5.24. The first-order valence-corrected chi connectivity index (χ1v) is 5.63. The van der Waals surface area contributed by atoms with Crippen molar-refractivity contribution in [3.63, 3.8) is 0 Å². The minimum absolute atomic E-state index is 0.00838. The Morgan fingerprint density at radius 2 is 1.65 bits per heavy atom. The first-order chi connectivity index (χ1) is 7.95. The number of methoxy groups -OCH3 is 1. The lowest BCUT2D eigenvalue weighted by Crippen LogP contribution is -2.04. The van der Waals surface area contributed by atoms with Crippen LogP contribution in [0, 0.1) is 13.8 Å². The van der Waals surface area contributed by atoms with Gasteiger partial charge in [-0.25, -0.2) is 0 Å². The average molecular weight is 234 g/mol. The van der Waals surface area contributed by atoms with Crippen molar-refractivity contribution < 1.29 is 14.3 Å². The molecule has 0 aliphatic heterocycles. The quantitative estimate of drug-likeness (QED) is 0.736. The van der Waals surface area contributed by atoms with E-state index in [1.165, 1.54) is 6.92 Å². The number of ketones is 2. The normalized spacial score (nSPS) is 10.1. The molecule has 3 heteroatoms. The number of hydrogen-bond donors (Lipinski definition) is 0. The third-order valence-corrected chi connectivity index (χ3v) is 2.69. The SMILES string of the molecule is COc1c(C)cc(C(=O)CCC(C)=O)cc1C. The number of carbonyl (C=O) groups excluding carboxylic acids is 2. The third-order valence-electron chi connectivity index (χ3n) is 2.69. The molecule has 0 radical (unpaired) electrons. The van der Waals surface area contributed by atoms with Crippen molar-refractivity contribution in [2.45, 2.75) is 33.6 Å². The first kappa shape index (κ1) is 13.4. The maximum atomic E-state index is 11.9. The Bertz CT molecular complexity index is 424. The van der Waals surface area contributed by atoms with E-state index in [0.717, 1.165) is 16.9 Å². The number of Topliss-reactive ketones (excluding diaryl/α,β-unsaturated/α-hetero) is 2. The molecule has 1 aromatic carbocycles. The summed E-state index contributed by atoms with van der Waals surface area (Å²) >= 11 is 0. The summed E-state index contributed by atoms with van der Waals surface area (Å²) in [6, 6.07) is 3.63. The number of hydrogen-bond acceptors (Lipinski definition) is 3. The Morgan fingerprint density at radius 3 is 2.06 bits per heavy atom. The summed E-state index contributed by atoms with van der Waals surface area (Å²) in [6.07, 6.45) is 0.587. The molecule has 0 spiro atoms. The molecular weight excluding hydrogens is 216 g/mol. The number of benzene rings is 1. The van der Waals surface area contributed by atoms with Crippen LogP contribution in [0.4, 0.5) is 0 Å². The van der Waals surface area contributed by atoms with Crippen molar-refractivity contribution in [2.75, 3.05) is 7.11 Å². The smallest absolute Gasteiger partial charge is 0.163 e. The van der Waals surface area contributed by atoms with Gasteiger partial charge in [0.05, 0.1) is 7.11 Å². The fourth-order valence-corrected chi connectivity index (χ4v) is 1.87. The van der Waals surface area contributed by atoms with Gasteiger partial charge in [-0.05, 0) is 44.0 Å². The van der Waals surface area contributed by atoms with E-state index in [9.17, 15) is 9.59 Å². The summed E-state index contributed by atoms with van der Waals surface area (Å²) in [5.41, 5.74) is 2.54. The van der Waals surface area contributed by atoms with Crippen LogP contribution in [0.1, 0.15) is 41.3 Å². The van der Waals surface area contributed by atoms with Crippen LogP contribution in [-0.4, -0.2) is 18.7 Å². The molecule has 0 saturated heterocycles. The lowest BCUT2D eigenvalue weighted by Gasteiger charge is -2.10. The van der Waals surface area contributed by atoms with E-state index in [4.69, 9.17) is 4.74 Å². The van der Waals surface area contributed by atoms with Crippen LogP contribution in [0.2, 0.25) is 0 Å². The topological polar surface area (TPSA) is 43.4 Å². The highest BCUT2D eigenvalue weighted by atomic mass is 16.5. The maximum Gasteiger partial charge on any atom is 0.163 e. The van der Waals surface area contributed by atoms with Crippen molar-refractivity contribution in [1.29, 1.82) is 0 Å². The molecule has 3 nitrogen and oxygen atoms in total. The Hall–Kier alpha value is -1.64. The monoisotopic (exact) mass is 234 g/mol. The molecular formula is C14H18O3. The zero-order chi connectivity index (χ0) is 13.0. The highest BCUT2D eigenvalue weighted by molar-refractivity contribution is 5.98. The van der Waals surface area contributed by atoms with Gasteiger partial charge < -0.3 is 9.53 Å². The largest absolute Gasteiger partial charge is 0.496 e. The summed E-state index contributed by atoms with van der Waals surface area (Å²) in [6.45, 7) is 5.32. The van der Waals surface area contributed by atoms with Crippen LogP contribution in [0.5, 0.6) is 5.75 Å². The summed E-state index contributed by atoms with van der Waals surface area (Å²) in [4.78, 5) is 22.7. The predicted molar refractivity (Wildman–Crippen MR) is 66.7 cm³/mol. The second-order valence-electron chi connectivity index (χ2n) is 4.27. The molecule has 1 aromatic rings. The Kier molecular flexibility index (Phi) is 4.44. The second-order valence-corrected chi connectivity index (χ2v) is 4.27. The van der Waals surface area contributed by atoms with Gasteiger partial charge in [0.1, 0.15) is 11.5 Å². The molecule has 1 rings (SSSR count). The number of aryl methyl sites for hydroxylation is 2.